The topological polar surface area (TPSA) is 61.4 Å². The van der Waals surface area contributed by atoms with Crippen molar-refractivity contribution in [2.24, 2.45) is 5.92 Å². The number of nitrogens with one attached hydrogen (secondary N) is 2. The highest BCUT2D eigenvalue weighted by Gasteiger charge is 2.21. The number of benzene rings is 1. The molecule has 5 heteroatoms. The predicted molar refractivity (Wildman–Crippen MR) is 100 cm³/mol. The van der Waals surface area contributed by atoms with Gasteiger partial charge in [0.25, 0.3) is 0 Å². The van der Waals surface area contributed by atoms with Gasteiger partial charge in [-0.1, -0.05) is 35.9 Å². The van der Waals surface area contributed by atoms with E-state index < -0.39 is 6.03 Å². The third kappa shape index (κ3) is 7.10. The number of rotatable bonds is 7. The Balaban J connectivity index is 1.63. The first kappa shape index (κ1) is 19.2. The van der Waals surface area contributed by atoms with Crippen molar-refractivity contribution in [2.75, 3.05) is 26.2 Å². The van der Waals surface area contributed by atoms with Crippen molar-refractivity contribution in [3.05, 3.63) is 48.0 Å². The van der Waals surface area contributed by atoms with Crippen LogP contribution >= 0.6 is 0 Å². The quantitative estimate of drug-likeness (QED) is 0.748. The molecule has 0 radical (unpaired) electrons. The van der Waals surface area contributed by atoms with Crippen molar-refractivity contribution in [1.29, 1.82) is 0 Å². The van der Waals surface area contributed by atoms with Crippen molar-refractivity contribution in [3.63, 3.8) is 0 Å². The molecule has 1 aliphatic heterocycles. The van der Waals surface area contributed by atoms with Gasteiger partial charge in [0.05, 0.1) is 6.54 Å². The van der Waals surface area contributed by atoms with E-state index in [2.05, 4.69) is 53.3 Å². The zero-order valence-electron chi connectivity index (χ0n) is 15.1. The Morgan fingerprint density at radius 2 is 1.92 bits per heavy atom. The molecule has 1 saturated heterocycles. The molecule has 0 aliphatic carbocycles. The second-order valence-corrected chi connectivity index (χ2v) is 6.79. The SMILES string of the molecule is C=CCNC(=O)NC(=O)CN1CCC(CCc2ccc(C)cc2)CC1. The Labute approximate surface area is 150 Å². The molecule has 0 atom stereocenters. The minimum atomic E-state index is -0.460. The second kappa shape index (κ2) is 9.99. The Morgan fingerprint density at radius 1 is 1.24 bits per heavy atom. The molecular formula is C20H29N3O2. The maximum absolute atomic E-state index is 11.9. The van der Waals surface area contributed by atoms with E-state index in [0.29, 0.717) is 6.54 Å². The van der Waals surface area contributed by atoms with Crippen molar-refractivity contribution >= 4 is 11.9 Å². The summed E-state index contributed by atoms with van der Waals surface area (Å²) in [4.78, 5) is 25.4. The van der Waals surface area contributed by atoms with Gasteiger partial charge >= 0.3 is 6.03 Å². The molecule has 0 aromatic heterocycles. The lowest BCUT2D eigenvalue weighted by Crippen LogP contribution is -2.46. The summed E-state index contributed by atoms with van der Waals surface area (Å²) in [6, 6.07) is 8.31. The van der Waals surface area contributed by atoms with E-state index in [0.717, 1.165) is 38.3 Å². The van der Waals surface area contributed by atoms with E-state index >= 15 is 0 Å². The van der Waals surface area contributed by atoms with E-state index in [1.807, 2.05) is 0 Å². The molecule has 1 heterocycles. The number of carbonyl (C=O) groups excluding carboxylic acids is 2. The van der Waals surface area contributed by atoms with E-state index in [9.17, 15) is 9.59 Å². The number of aryl methyl sites for hydroxylation is 2. The molecule has 1 aromatic carbocycles. The van der Waals surface area contributed by atoms with E-state index in [4.69, 9.17) is 0 Å². The highest BCUT2D eigenvalue weighted by atomic mass is 16.2. The minimum Gasteiger partial charge on any atom is -0.334 e. The second-order valence-electron chi connectivity index (χ2n) is 6.79. The average Bonchev–Trinajstić information content (AvgIpc) is 2.60. The van der Waals surface area contributed by atoms with E-state index in [1.165, 1.54) is 17.5 Å². The van der Waals surface area contributed by atoms with Gasteiger partial charge in [0, 0.05) is 6.54 Å². The Hall–Kier alpha value is -2.14. The monoisotopic (exact) mass is 343 g/mol. The molecule has 0 saturated carbocycles. The summed E-state index contributed by atoms with van der Waals surface area (Å²) in [5.41, 5.74) is 2.70. The lowest BCUT2D eigenvalue weighted by Gasteiger charge is -2.31. The summed E-state index contributed by atoms with van der Waals surface area (Å²) in [7, 11) is 0. The fraction of sp³-hybridized carbons (Fsp3) is 0.500. The molecule has 1 aromatic rings. The molecule has 25 heavy (non-hydrogen) atoms. The average molecular weight is 343 g/mol. The molecule has 0 bridgehead atoms. The number of hydrogen-bond acceptors (Lipinski definition) is 3. The smallest absolute Gasteiger partial charge is 0.321 e. The number of imide groups is 1. The number of urea groups is 1. The summed E-state index contributed by atoms with van der Waals surface area (Å²) in [5.74, 6) is 0.469. The summed E-state index contributed by atoms with van der Waals surface area (Å²) in [6.45, 7) is 8.10. The first-order valence-corrected chi connectivity index (χ1v) is 9.03. The molecule has 136 valence electrons. The van der Waals surface area contributed by atoms with Crippen LogP contribution in [0.2, 0.25) is 0 Å². The van der Waals surface area contributed by atoms with Crippen LogP contribution in [-0.2, 0) is 11.2 Å². The molecule has 2 N–H and O–H groups in total. The third-order valence-corrected chi connectivity index (χ3v) is 4.70. The van der Waals surface area contributed by atoms with Crippen LogP contribution in [0.5, 0.6) is 0 Å². The number of carbonyl (C=O) groups is 2. The van der Waals surface area contributed by atoms with E-state index in [1.54, 1.807) is 6.08 Å². The van der Waals surface area contributed by atoms with Crippen molar-refractivity contribution < 1.29 is 9.59 Å². The van der Waals surface area contributed by atoms with Gasteiger partial charge in [0.2, 0.25) is 5.91 Å². The van der Waals surface area contributed by atoms with Gasteiger partial charge in [-0.15, -0.1) is 6.58 Å². The van der Waals surface area contributed by atoms with Gasteiger partial charge in [-0.2, -0.15) is 0 Å². The Bertz CT molecular complexity index is 575. The molecule has 2 rings (SSSR count). The maximum atomic E-state index is 11.9. The van der Waals surface area contributed by atoms with Crippen LogP contribution in [0.1, 0.15) is 30.4 Å². The third-order valence-electron chi connectivity index (χ3n) is 4.70. The standard InChI is InChI=1S/C20H29N3O2/c1-3-12-21-20(25)22-19(24)15-23-13-10-18(11-14-23)9-8-17-6-4-16(2)5-7-17/h3-7,18H,1,8-15H2,2H3,(H2,21,22,24,25). The first-order valence-electron chi connectivity index (χ1n) is 9.03. The summed E-state index contributed by atoms with van der Waals surface area (Å²) < 4.78 is 0. The normalized spacial score (nSPS) is 15.6. The minimum absolute atomic E-state index is 0.250. The fourth-order valence-corrected chi connectivity index (χ4v) is 3.14. The molecule has 0 unspecified atom stereocenters. The lowest BCUT2D eigenvalue weighted by molar-refractivity contribution is -0.121. The molecule has 1 aliphatic rings. The van der Waals surface area contributed by atoms with Crippen LogP contribution in [-0.4, -0.2) is 43.0 Å². The molecule has 3 amide bonds. The zero-order chi connectivity index (χ0) is 18.1. The van der Waals surface area contributed by atoms with Crippen LogP contribution in [0.25, 0.3) is 0 Å². The van der Waals surface area contributed by atoms with Gasteiger partial charge in [0.15, 0.2) is 0 Å². The van der Waals surface area contributed by atoms with Crippen LogP contribution in [0, 0.1) is 12.8 Å². The number of hydrogen-bond donors (Lipinski definition) is 2. The lowest BCUT2D eigenvalue weighted by atomic mass is 9.90. The van der Waals surface area contributed by atoms with Crippen LogP contribution < -0.4 is 10.6 Å². The van der Waals surface area contributed by atoms with Crippen molar-refractivity contribution in [3.8, 4) is 0 Å². The Morgan fingerprint density at radius 3 is 2.56 bits per heavy atom. The van der Waals surface area contributed by atoms with Crippen molar-refractivity contribution in [2.45, 2.75) is 32.6 Å². The van der Waals surface area contributed by atoms with Crippen molar-refractivity contribution in [1.82, 2.24) is 15.5 Å². The van der Waals surface area contributed by atoms with Crippen LogP contribution in [0.15, 0.2) is 36.9 Å². The summed E-state index contributed by atoms with van der Waals surface area (Å²) in [5, 5.41) is 4.88. The first-order chi connectivity index (χ1) is 12.1. The van der Waals surface area contributed by atoms with Gasteiger partial charge in [-0.05, 0) is 57.2 Å². The summed E-state index contributed by atoms with van der Waals surface area (Å²) in [6.07, 6.45) is 6.12. The zero-order valence-corrected chi connectivity index (χ0v) is 15.1. The molecular weight excluding hydrogens is 314 g/mol. The fourth-order valence-electron chi connectivity index (χ4n) is 3.14. The number of likely N-dealkylation sites (tertiary alicyclic amines) is 1. The van der Waals surface area contributed by atoms with Crippen LogP contribution in [0.4, 0.5) is 4.79 Å². The van der Waals surface area contributed by atoms with Gasteiger partial charge in [0.1, 0.15) is 0 Å². The highest BCUT2D eigenvalue weighted by molar-refractivity contribution is 5.95. The maximum Gasteiger partial charge on any atom is 0.321 e. The molecule has 5 nitrogen and oxygen atoms in total. The van der Waals surface area contributed by atoms with Gasteiger partial charge < -0.3 is 5.32 Å². The Kier molecular flexibility index (Phi) is 7.67. The van der Waals surface area contributed by atoms with Gasteiger partial charge in [-0.25, -0.2) is 4.79 Å². The largest absolute Gasteiger partial charge is 0.334 e. The number of piperidine rings is 1. The highest BCUT2D eigenvalue weighted by Crippen LogP contribution is 2.22. The predicted octanol–water partition coefficient (Wildman–Crippen LogP) is 2.65. The molecule has 0 spiro atoms. The molecule has 1 fully saturated rings. The number of amides is 3. The number of nitrogens with zero attached hydrogens (tertiary/aromatic N) is 1. The van der Waals surface area contributed by atoms with Gasteiger partial charge in [-0.3, -0.25) is 15.0 Å². The van der Waals surface area contributed by atoms with E-state index in [-0.39, 0.29) is 12.5 Å². The van der Waals surface area contributed by atoms with Crippen LogP contribution in [0.3, 0.4) is 0 Å². The summed E-state index contributed by atoms with van der Waals surface area (Å²) >= 11 is 0.